The molecule has 176 valence electrons. The van der Waals surface area contributed by atoms with Crippen molar-refractivity contribution in [3.05, 3.63) is 54.4 Å². The highest BCUT2D eigenvalue weighted by molar-refractivity contribution is 7.89. The van der Waals surface area contributed by atoms with Crippen molar-refractivity contribution >= 4 is 10.0 Å². The summed E-state index contributed by atoms with van der Waals surface area (Å²) in [6.45, 7) is 0.410. The van der Waals surface area contributed by atoms with Gasteiger partial charge in [-0.05, 0) is 61.4 Å². The number of sulfonamides is 1. The van der Waals surface area contributed by atoms with Crippen LogP contribution in [0.2, 0.25) is 0 Å². The average molecular weight is 483 g/mol. The SMILES string of the molecule is COc1ccc(-c2nc([C@@H]3CCCN(S(=O)(=O)c4ccc(OC(F)(F)F)cc4)C3)no2)cc1. The Labute approximate surface area is 188 Å². The van der Waals surface area contributed by atoms with Gasteiger partial charge < -0.3 is 14.0 Å². The zero-order valence-electron chi connectivity index (χ0n) is 17.4. The minimum absolute atomic E-state index is 0.121. The van der Waals surface area contributed by atoms with Crippen molar-refractivity contribution in [1.29, 1.82) is 0 Å². The first-order valence-electron chi connectivity index (χ1n) is 10.00. The molecule has 4 rings (SSSR count). The van der Waals surface area contributed by atoms with E-state index < -0.39 is 22.1 Å². The van der Waals surface area contributed by atoms with Gasteiger partial charge in [-0.25, -0.2) is 8.42 Å². The van der Waals surface area contributed by atoms with Crippen LogP contribution in [0.15, 0.2) is 57.9 Å². The van der Waals surface area contributed by atoms with Gasteiger partial charge in [0.1, 0.15) is 11.5 Å². The molecule has 1 aliphatic rings. The molecule has 0 aliphatic carbocycles. The normalized spacial score (nSPS) is 17.6. The standard InChI is InChI=1S/C21H20F3N3O5S/c1-30-16-6-4-14(5-7-16)20-25-19(26-32-20)15-3-2-12-27(13-15)33(28,29)18-10-8-17(9-11-18)31-21(22,23)24/h4-11,15H,2-3,12-13H2,1H3/t15-/m1/s1. The maximum Gasteiger partial charge on any atom is 0.573 e. The Kier molecular flexibility index (Phi) is 6.30. The molecular formula is C21H20F3N3O5S. The van der Waals surface area contributed by atoms with Crippen LogP contribution in [-0.4, -0.2) is 49.4 Å². The molecule has 33 heavy (non-hydrogen) atoms. The number of ether oxygens (including phenoxy) is 2. The number of aromatic nitrogens is 2. The molecule has 0 unspecified atom stereocenters. The molecule has 12 heteroatoms. The van der Waals surface area contributed by atoms with E-state index in [-0.39, 0.29) is 23.9 Å². The van der Waals surface area contributed by atoms with Gasteiger partial charge in [0.15, 0.2) is 5.82 Å². The van der Waals surface area contributed by atoms with Crippen molar-refractivity contribution < 1.29 is 35.6 Å². The number of rotatable bonds is 6. The number of hydrogen-bond acceptors (Lipinski definition) is 7. The van der Waals surface area contributed by atoms with E-state index in [1.807, 2.05) is 0 Å². The summed E-state index contributed by atoms with van der Waals surface area (Å²) in [4.78, 5) is 4.31. The van der Waals surface area contributed by atoms with Gasteiger partial charge in [-0.2, -0.15) is 9.29 Å². The van der Waals surface area contributed by atoms with Crippen LogP contribution in [0.25, 0.3) is 11.5 Å². The van der Waals surface area contributed by atoms with Crippen molar-refractivity contribution in [2.75, 3.05) is 20.2 Å². The topological polar surface area (TPSA) is 94.8 Å². The maximum absolute atomic E-state index is 13.0. The summed E-state index contributed by atoms with van der Waals surface area (Å²) in [5, 5.41) is 4.03. The van der Waals surface area contributed by atoms with Crippen LogP contribution in [-0.2, 0) is 10.0 Å². The molecule has 1 atom stereocenters. The summed E-state index contributed by atoms with van der Waals surface area (Å²) < 4.78 is 78.7. The molecule has 0 N–H and O–H groups in total. The molecule has 0 amide bonds. The largest absolute Gasteiger partial charge is 0.573 e. The molecule has 0 spiro atoms. The monoisotopic (exact) mass is 483 g/mol. The maximum atomic E-state index is 13.0. The third-order valence-electron chi connectivity index (χ3n) is 5.22. The number of piperidine rings is 1. The second-order valence-electron chi connectivity index (χ2n) is 7.41. The fourth-order valence-electron chi connectivity index (χ4n) is 3.59. The average Bonchev–Trinajstić information content (AvgIpc) is 3.29. The molecule has 0 bridgehead atoms. The van der Waals surface area contributed by atoms with Crippen molar-refractivity contribution in [3.63, 3.8) is 0 Å². The van der Waals surface area contributed by atoms with E-state index in [4.69, 9.17) is 9.26 Å². The first-order chi connectivity index (χ1) is 15.7. The Morgan fingerprint density at radius 2 is 1.73 bits per heavy atom. The number of nitrogens with zero attached hydrogens (tertiary/aromatic N) is 3. The lowest BCUT2D eigenvalue weighted by molar-refractivity contribution is -0.274. The minimum Gasteiger partial charge on any atom is -0.497 e. The Balaban J connectivity index is 1.48. The van der Waals surface area contributed by atoms with Crippen molar-refractivity contribution in [3.8, 4) is 23.0 Å². The van der Waals surface area contributed by atoms with Crippen LogP contribution in [0, 0.1) is 0 Å². The van der Waals surface area contributed by atoms with E-state index in [1.54, 1.807) is 31.4 Å². The molecule has 3 aromatic rings. The van der Waals surface area contributed by atoms with E-state index in [9.17, 15) is 21.6 Å². The van der Waals surface area contributed by atoms with Gasteiger partial charge in [0.2, 0.25) is 10.0 Å². The van der Waals surface area contributed by atoms with Crippen LogP contribution in [0.4, 0.5) is 13.2 Å². The molecule has 1 saturated heterocycles. The summed E-state index contributed by atoms with van der Waals surface area (Å²) in [7, 11) is -2.36. The lowest BCUT2D eigenvalue weighted by Gasteiger charge is -2.30. The highest BCUT2D eigenvalue weighted by atomic mass is 32.2. The molecule has 1 fully saturated rings. The fraction of sp³-hybridized carbons (Fsp3) is 0.333. The van der Waals surface area contributed by atoms with Crippen molar-refractivity contribution in [2.45, 2.75) is 30.0 Å². The quantitative estimate of drug-likeness (QED) is 0.518. The van der Waals surface area contributed by atoms with Gasteiger partial charge in [0, 0.05) is 24.6 Å². The van der Waals surface area contributed by atoms with E-state index in [0.29, 0.717) is 35.9 Å². The predicted molar refractivity (Wildman–Crippen MR) is 110 cm³/mol. The molecule has 8 nitrogen and oxygen atoms in total. The number of benzene rings is 2. The van der Waals surface area contributed by atoms with E-state index in [2.05, 4.69) is 14.9 Å². The highest BCUT2D eigenvalue weighted by Gasteiger charge is 2.34. The lowest BCUT2D eigenvalue weighted by Crippen LogP contribution is -2.39. The van der Waals surface area contributed by atoms with Crippen LogP contribution in [0.5, 0.6) is 11.5 Å². The molecule has 2 aromatic carbocycles. The second kappa shape index (κ2) is 9.02. The first-order valence-corrected chi connectivity index (χ1v) is 11.4. The molecule has 0 saturated carbocycles. The van der Waals surface area contributed by atoms with Crippen LogP contribution in [0.3, 0.4) is 0 Å². The molecule has 1 aliphatic heterocycles. The van der Waals surface area contributed by atoms with Gasteiger partial charge in [0.25, 0.3) is 5.89 Å². The molecule has 0 radical (unpaired) electrons. The third kappa shape index (κ3) is 5.28. The van der Waals surface area contributed by atoms with Crippen LogP contribution >= 0.6 is 0 Å². The lowest BCUT2D eigenvalue weighted by atomic mass is 9.99. The summed E-state index contributed by atoms with van der Waals surface area (Å²) >= 11 is 0. The van der Waals surface area contributed by atoms with Crippen LogP contribution in [0.1, 0.15) is 24.6 Å². The zero-order valence-corrected chi connectivity index (χ0v) is 18.3. The van der Waals surface area contributed by atoms with E-state index >= 15 is 0 Å². The Morgan fingerprint density at radius 1 is 1.06 bits per heavy atom. The van der Waals surface area contributed by atoms with Gasteiger partial charge in [-0.15, -0.1) is 13.2 Å². The summed E-state index contributed by atoms with van der Waals surface area (Å²) in [6, 6.07) is 11.2. The van der Waals surface area contributed by atoms with Crippen molar-refractivity contribution in [2.24, 2.45) is 0 Å². The highest BCUT2D eigenvalue weighted by Crippen LogP contribution is 2.31. The number of methoxy groups -OCH3 is 1. The first kappa shape index (κ1) is 23.1. The smallest absolute Gasteiger partial charge is 0.497 e. The van der Waals surface area contributed by atoms with E-state index in [0.717, 1.165) is 24.3 Å². The summed E-state index contributed by atoms with van der Waals surface area (Å²) in [5.41, 5.74) is 0.705. The van der Waals surface area contributed by atoms with Gasteiger partial charge in [0.05, 0.1) is 12.0 Å². The number of hydrogen-bond donors (Lipinski definition) is 0. The molecular weight excluding hydrogens is 463 g/mol. The number of halogens is 3. The summed E-state index contributed by atoms with van der Waals surface area (Å²) in [6.07, 6.45) is -3.60. The minimum atomic E-state index is -4.85. The number of alkyl halides is 3. The Morgan fingerprint density at radius 3 is 2.36 bits per heavy atom. The zero-order chi connectivity index (χ0) is 23.6. The van der Waals surface area contributed by atoms with E-state index in [1.165, 1.54) is 4.31 Å². The summed E-state index contributed by atoms with van der Waals surface area (Å²) in [5.74, 6) is 0.625. The van der Waals surface area contributed by atoms with Gasteiger partial charge in [-0.3, -0.25) is 0 Å². The van der Waals surface area contributed by atoms with Gasteiger partial charge in [-0.1, -0.05) is 5.16 Å². The Hall–Kier alpha value is -3.12. The molecule has 1 aromatic heterocycles. The second-order valence-corrected chi connectivity index (χ2v) is 9.35. The van der Waals surface area contributed by atoms with Gasteiger partial charge >= 0.3 is 6.36 Å². The Bertz CT molecular complexity index is 1200. The predicted octanol–water partition coefficient (Wildman–Crippen LogP) is 4.21. The van der Waals surface area contributed by atoms with Crippen LogP contribution < -0.4 is 9.47 Å². The van der Waals surface area contributed by atoms with Crippen molar-refractivity contribution in [1.82, 2.24) is 14.4 Å². The fourth-order valence-corrected chi connectivity index (χ4v) is 5.11. The molecule has 2 heterocycles. The third-order valence-corrected chi connectivity index (χ3v) is 7.10.